The van der Waals surface area contributed by atoms with E-state index in [4.69, 9.17) is 9.15 Å². The summed E-state index contributed by atoms with van der Waals surface area (Å²) in [5.41, 5.74) is 2.84. The molecule has 0 aliphatic carbocycles. The molecule has 1 fully saturated rings. The van der Waals surface area contributed by atoms with Crippen LogP contribution in [0.4, 0.5) is 4.79 Å². The molecule has 1 aliphatic heterocycles. The summed E-state index contributed by atoms with van der Waals surface area (Å²) in [5, 5.41) is 3.40. The van der Waals surface area contributed by atoms with Crippen molar-refractivity contribution in [2.75, 3.05) is 19.7 Å². The summed E-state index contributed by atoms with van der Waals surface area (Å²) >= 11 is 0. The van der Waals surface area contributed by atoms with Crippen LogP contribution in [0.25, 0.3) is 11.1 Å². The Morgan fingerprint density at radius 3 is 3.18 bits per heavy atom. The monoisotopic (exact) mass is 303 g/mol. The number of benzene rings is 1. The van der Waals surface area contributed by atoms with E-state index in [9.17, 15) is 4.79 Å². The quantitative estimate of drug-likeness (QED) is 0.939. The molecule has 2 heterocycles. The van der Waals surface area contributed by atoms with Gasteiger partial charge in [-0.2, -0.15) is 0 Å². The Labute approximate surface area is 129 Å². The predicted octanol–water partition coefficient (Wildman–Crippen LogP) is 2.46. The van der Waals surface area contributed by atoms with E-state index < -0.39 is 0 Å². The Kier molecular flexibility index (Phi) is 4.29. The number of nitrogens with one attached hydrogen (secondary N) is 1. The molecule has 1 aliphatic rings. The molecule has 3 rings (SSSR count). The second-order valence-corrected chi connectivity index (χ2v) is 5.54. The molecular weight excluding hydrogens is 282 g/mol. The number of nitrogens with zero attached hydrogens (tertiary/aromatic N) is 2. The van der Waals surface area contributed by atoms with Crippen molar-refractivity contribution in [2.45, 2.75) is 32.9 Å². The molecule has 0 saturated carbocycles. The number of aromatic nitrogens is 1. The van der Waals surface area contributed by atoms with Gasteiger partial charge in [0.1, 0.15) is 5.52 Å². The van der Waals surface area contributed by atoms with E-state index in [1.54, 1.807) is 4.90 Å². The van der Waals surface area contributed by atoms with Crippen molar-refractivity contribution in [1.82, 2.24) is 15.2 Å². The standard InChI is InChI=1S/C16H21N3O3/c1-3-21-16(20)19-8-7-12(10-19)17-9-14-18-15-11(2)5-4-6-13(15)22-14/h4-6,12,17H,3,7-10H2,1-2H3/t12-/m0/s1. The molecule has 0 radical (unpaired) electrons. The molecule has 22 heavy (non-hydrogen) atoms. The van der Waals surface area contributed by atoms with Gasteiger partial charge in [-0.05, 0) is 31.9 Å². The van der Waals surface area contributed by atoms with E-state index >= 15 is 0 Å². The van der Waals surface area contributed by atoms with Gasteiger partial charge < -0.3 is 19.4 Å². The molecule has 118 valence electrons. The van der Waals surface area contributed by atoms with Gasteiger partial charge >= 0.3 is 6.09 Å². The van der Waals surface area contributed by atoms with Gasteiger partial charge in [0.15, 0.2) is 5.58 Å². The van der Waals surface area contributed by atoms with Crippen LogP contribution in [-0.2, 0) is 11.3 Å². The molecule has 1 aromatic carbocycles. The molecular formula is C16H21N3O3. The van der Waals surface area contributed by atoms with Gasteiger partial charge in [-0.15, -0.1) is 0 Å². The zero-order valence-corrected chi connectivity index (χ0v) is 13.0. The van der Waals surface area contributed by atoms with Crippen LogP contribution in [0.2, 0.25) is 0 Å². The highest BCUT2D eigenvalue weighted by atomic mass is 16.6. The van der Waals surface area contributed by atoms with E-state index in [0.29, 0.717) is 25.6 Å². The number of hydrogen-bond acceptors (Lipinski definition) is 5. The minimum atomic E-state index is -0.232. The first kappa shape index (κ1) is 14.8. The van der Waals surface area contributed by atoms with Crippen LogP contribution in [0.3, 0.4) is 0 Å². The fourth-order valence-electron chi connectivity index (χ4n) is 2.75. The lowest BCUT2D eigenvalue weighted by molar-refractivity contribution is 0.115. The second-order valence-electron chi connectivity index (χ2n) is 5.54. The largest absolute Gasteiger partial charge is 0.450 e. The van der Waals surface area contributed by atoms with Crippen molar-refractivity contribution >= 4 is 17.2 Å². The molecule has 0 unspecified atom stereocenters. The third kappa shape index (κ3) is 3.06. The van der Waals surface area contributed by atoms with Crippen LogP contribution in [0.5, 0.6) is 0 Å². The van der Waals surface area contributed by atoms with Gasteiger partial charge in [0.05, 0.1) is 13.2 Å². The van der Waals surface area contributed by atoms with Crippen molar-refractivity contribution in [2.24, 2.45) is 0 Å². The maximum atomic E-state index is 11.7. The molecule has 1 saturated heterocycles. The summed E-state index contributed by atoms with van der Waals surface area (Å²) in [7, 11) is 0. The fourth-order valence-corrected chi connectivity index (χ4v) is 2.75. The minimum absolute atomic E-state index is 0.232. The molecule has 6 heteroatoms. The van der Waals surface area contributed by atoms with Crippen molar-refractivity contribution in [3.63, 3.8) is 0 Å². The fraction of sp³-hybridized carbons (Fsp3) is 0.500. The van der Waals surface area contributed by atoms with Gasteiger partial charge in [0.25, 0.3) is 0 Å². The predicted molar refractivity (Wildman–Crippen MR) is 82.6 cm³/mol. The average molecular weight is 303 g/mol. The molecule has 0 spiro atoms. The lowest BCUT2D eigenvalue weighted by Crippen LogP contribution is -2.35. The number of oxazole rings is 1. The lowest BCUT2D eigenvalue weighted by atomic mass is 10.2. The van der Waals surface area contributed by atoms with Crippen molar-refractivity contribution in [1.29, 1.82) is 0 Å². The van der Waals surface area contributed by atoms with Gasteiger partial charge in [-0.3, -0.25) is 0 Å². The number of hydrogen-bond donors (Lipinski definition) is 1. The van der Waals surface area contributed by atoms with E-state index in [-0.39, 0.29) is 12.1 Å². The number of fused-ring (bicyclic) bond motifs is 1. The summed E-state index contributed by atoms with van der Waals surface area (Å²) in [5.74, 6) is 0.680. The van der Waals surface area contributed by atoms with Crippen molar-refractivity contribution in [3.05, 3.63) is 29.7 Å². The van der Waals surface area contributed by atoms with Crippen LogP contribution >= 0.6 is 0 Å². The average Bonchev–Trinajstić information content (AvgIpc) is 3.12. The number of amides is 1. The number of rotatable bonds is 4. The highest BCUT2D eigenvalue weighted by molar-refractivity contribution is 5.76. The van der Waals surface area contributed by atoms with Crippen LogP contribution in [0, 0.1) is 6.92 Å². The Bertz CT molecular complexity index is 668. The topological polar surface area (TPSA) is 67.6 Å². The number of likely N-dealkylation sites (tertiary alicyclic amines) is 1. The van der Waals surface area contributed by atoms with E-state index in [1.165, 1.54) is 0 Å². The van der Waals surface area contributed by atoms with Crippen LogP contribution in [-0.4, -0.2) is 41.7 Å². The zero-order chi connectivity index (χ0) is 15.5. The summed E-state index contributed by atoms with van der Waals surface area (Å²) in [4.78, 5) is 17.9. The zero-order valence-electron chi connectivity index (χ0n) is 13.0. The summed E-state index contributed by atoms with van der Waals surface area (Å²) in [6, 6.07) is 6.17. The minimum Gasteiger partial charge on any atom is -0.450 e. The van der Waals surface area contributed by atoms with Crippen LogP contribution in [0.1, 0.15) is 24.8 Å². The van der Waals surface area contributed by atoms with Crippen molar-refractivity contribution in [3.8, 4) is 0 Å². The van der Waals surface area contributed by atoms with Gasteiger partial charge in [-0.1, -0.05) is 12.1 Å². The summed E-state index contributed by atoms with van der Waals surface area (Å²) < 4.78 is 10.8. The first-order valence-corrected chi connectivity index (χ1v) is 7.67. The van der Waals surface area contributed by atoms with Gasteiger partial charge in [0, 0.05) is 19.1 Å². The third-order valence-electron chi connectivity index (χ3n) is 3.92. The highest BCUT2D eigenvalue weighted by Gasteiger charge is 2.26. The number of carbonyl (C=O) groups excluding carboxylic acids is 1. The number of carbonyl (C=O) groups is 1. The summed E-state index contributed by atoms with van der Waals surface area (Å²) in [6.07, 6.45) is 0.683. The Balaban J connectivity index is 1.56. The summed E-state index contributed by atoms with van der Waals surface area (Å²) in [6.45, 7) is 6.21. The third-order valence-corrected chi connectivity index (χ3v) is 3.92. The second kappa shape index (κ2) is 6.36. The number of para-hydroxylation sites is 1. The molecule has 1 aromatic heterocycles. The van der Waals surface area contributed by atoms with E-state index in [1.807, 2.05) is 32.0 Å². The maximum Gasteiger partial charge on any atom is 0.409 e. The molecule has 2 aromatic rings. The lowest BCUT2D eigenvalue weighted by Gasteiger charge is -2.15. The smallest absolute Gasteiger partial charge is 0.409 e. The Hall–Kier alpha value is -2.08. The van der Waals surface area contributed by atoms with Gasteiger partial charge in [-0.25, -0.2) is 9.78 Å². The Morgan fingerprint density at radius 1 is 1.55 bits per heavy atom. The molecule has 1 atom stereocenters. The van der Waals surface area contributed by atoms with Crippen molar-refractivity contribution < 1.29 is 13.9 Å². The SMILES string of the molecule is CCOC(=O)N1CC[C@H](NCc2nc3c(C)cccc3o2)C1. The van der Waals surface area contributed by atoms with E-state index in [0.717, 1.165) is 29.6 Å². The molecule has 0 bridgehead atoms. The maximum absolute atomic E-state index is 11.7. The molecule has 6 nitrogen and oxygen atoms in total. The first-order chi connectivity index (χ1) is 10.7. The van der Waals surface area contributed by atoms with Gasteiger partial charge in [0.2, 0.25) is 5.89 Å². The molecule has 1 N–H and O–H groups in total. The van der Waals surface area contributed by atoms with Crippen LogP contribution in [0.15, 0.2) is 22.6 Å². The number of aryl methyl sites for hydroxylation is 1. The molecule has 1 amide bonds. The first-order valence-electron chi connectivity index (χ1n) is 7.67. The van der Waals surface area contributed by atoms with E-state index in [2.05, 4.69) is 10.3 Å². The highest BCUT2D eigenvalue weighted by Crippen LogP contribution is 2.19. The normalized spacial score (nSPS) is 18.1. The number of ether oxygens (including phenoxy) is 1. The van der Waals surface area contributed by atoms with Crippen LogP contribution < -0.4 is 5.32 Å². The Morgan fingerprint density at radius 2 is 2.41 bits per heavy atom.